The standard InChI is InChI=1S/C56H99O11P/c1-4-7-10-13-16-19-22-24-26-28-31-34-37-40-43-46-55(59)66-52(48-57)50-64-68(61,62)65-51-53(49-63-54(58)45-42-39-36-33-30-21-18-15-12-9-6-3)67-56(60)47-44-41-38-35-32-29-27-25-23-20-17-14-11-8-5-2/h8,11,15,17-18,20,24-27,52-53,57H,4-7,9-10,12-14,16,19,21-23,28-51H2,1-3H3,(H,61,62)/b11-8-,18-15-,20-17-,26-24-,27-25-. The number of ether oxygens (including phenoxy) is 3. The van der Waals surface area contributed by atoms with Crippen LogP contribution < -0.4 is 0 Å². The Balaban J connectivity index is 4.73. The molecule has 0 heterocycles. The van der Waals surface area contributed by atoms with Gasteiger partial charge in [0, 0.05) is 19.3 Å². The number of hydrogen-bond acceptors (Lipinski definition) is 10. The first kappa shape index (κ1) is 65.2. The lowest BCUT2D eigenvalue weighted by molar-refractivity contribution is -0.161. The van der Waals surface area contributed by atoms with Crippen LogP contribution in [-0.2, 0) is 42.2 Å². The van der Waals surface area contributed by atoms with Gasteiger partial charge in [-0.25, -0.2) is 4.57 Å². The molecular formula is C56H99O11P. The zero-order chi connectivity index (χ0) is 49.9. The van der Waals surface area contributed by atoms with E-state index in [1.54, 1.807) is 0 Å². The lowest BCUT2D eigenvalue weighted by atomic mass is 10.1. The number of unbranched alkanes of at least 4 members (excludes halogenated alkanes) is 23. The predicted octanol–water partition coefficient (Wildman–Crippen LogP) is 15.6. The number of carbonyl (C=O) groups excluding carboxylic acids is 3. The Labute approximate surface area is 415 Å². The minimum atomic E-state index is -4.75. The van der Waals surface area contributed by atoms with E-state index in [1.165, 1.54) is 51.4 Å². The molecule has 0 radical (unpaired) electrons. The normalized spacial score (nSPS) is 13.9. The Hall–Kier alpha value is -2.82. The lowest BCUT2D eigenvalue weighted by Crippen LogP contribution is -2.30. The molecule has 0 rings (SSSR count). The zero-order valence-corrected chi connectivity index (χ0v) is 44.2. The quantitative estimate of drug-likeness (QED) is 0.0197. The third-order valence-corrected chi connectivity index (χ3v) is 12.3. The van der Waals surface area contributed by atoms with Gasteiger partial charge in [0.25, 0.3) is 0 Å². The average molecular weight is 979 g/mol. The maximum atomic E-state index is 12.9. The summed E-state index contributed by atoms with van der Waals surface area (Å²) < 4.78 is 39.4. The van der Waals surface area contributed by atoms with Crippen molar-refractivity contribution in [1.82, 2.24) is 0 Å². The number of carbonyl (C=O) groups is 3. The molecule has 0 amide bonds. The molecule has 0 saturated carbocycles. The molecule has 2 N–H and O–H groups in total. The summed E-state index contributed by atoms with van der Waals surface area (Å²) in [5, 5.41) is 9.79. The summed E-state index contributed by atoms with van der Waals surface area (Å²) in [7, 11) is -4.75. The molecule has 394 valence electrons. The molecule has 0 aliphatic heterocycles. The van der Waals surface area contributed by atoms with E-state index in [1.807, 2.05) is 0 Å². The molecule has 0 aromatic rings. The van der Waals surface area contributed by atoms with Crippen molar-refractivity contribution in [3.8, 4) is 0 Å². The van der Waals surface area contributed by atoms with Gasteiger partial charge in [0.1, 0.15) is 12.7 Å². The monoisotopic (exact) mass is 979 g/mol. The summed E-state index contributed by atoms with van der Waals surface area (Å²) in [4.78, 5) is 48.3. The van der Waals surface area contributed by atoms with Crippen molar-refractivity contribution in [3.63, 3.8) is 0 Å². The van der Waals surface area contributed by atoms with Crippen LogP contribution in [0.25, 0.3) is 0 Å². The van der Waals surface area contributed by atoms with E-state index in [0.717, 1.165) is 128 Å². The van der Waals surface area contributed by atoms with Crippen molar-refractivity contribution in [3.05, 3.63) is 60.8 Å². The second-order valence-corrected chi connectivity index (χ2v) is 19.5. The van der Waals surface area contributed by atoms with Crippen molar-refractivity contribution in [2.24, 2.45) is 0 Å². The van der Waals surface area contributed by atoms with Crippen LogP contribution in [0.15, 0.2) is 60.8 Å². The topological polar surface area (TPSA) is 155 Å². The summed E-state index contributed by atoms with van der Waals surface area (Å²) in [6.07, 6.45) is 53.3. The summed E-state index contributed by atoms with van der Waals surface area (Å²) in [6, 6.07) is 0. The van der Waals surface area contributed by atoms with E-state index in [9.17, 15) is 28.9 Å². The Morgan fingerprint density at radius 1 is 0.426 bits per heavy atom. The van der Waals surface area contributed by atoms with Crippen molar-refractivity contribution >= 4 is 25.7 Å². The molecular weight excluding hydrogens is 880 g/mol. The molecule has 0 aromatic heterocycles. The highest BCUT2D eigenvalue weighted by Gasteiger charge is 2.28. The number of esters is 3. The fourth-order valence-electron chi connectivity index (χ4n) is 7.23. The van der Waals surface area contributed by atoms with Gasteiger partial charge in [0.2, 0.25) is 0 Å². The minimum Gasteiger partial charge on any atom is -0.462 e. The largest absolute Gasteiger partial charge is 0.472 e. The number of aliphatic hydroxyl groups excluding tert-OH is 1. The van der Waals surface area contributed by atoms with Gasteiger partial charge in [-0.05, 0) is 96.3 Å². The van der Waals surface area contributed by atoms with E-state index in [-0.39, 0.29) is 25.9 Å². The van der Waals surface area contributed by atoms with Gasteiger partial charge in [-0.2, -0.15) is 0 Å². The Bertz CT molecular complexity index is 1370. The highest BCUT2D eigenvalue weighted by Crippen LogP contribution is 2.43. The summed E-state index contributed by atoms with van der Waals surface area (Å²) in [6.45, 7) is 4.45. The Kier molecular flexibility index (Phi) is 48.5. The van der Waals surface area contributed by atoms with Crippen LogP contribution in [0.1, 0.15) is 239 Å². The number of phosphoric ester groups is 1. The van der Waals surface area contributed by atoms with Crippen LogP contribution in [0.3, 0.4) is 0 Å². The number of allylic oxidation sites excluding steroid dienone is 10. The molecule has 0 aliphatic carbocycles. The summed E-state index contributed by atoms with van der Waals surface area (Å²) in [5.74, 6) is -1.50. The molecule has 3 unspecified atom stereocenters. The van der Waals surface area contributed by atoms with E-state index < -0.39 is 57.8 Å². The Morgan fingerprint density at radius 2 is 0.779 bits per heavy atom. The summed E-state index contributed by atoms with van der Waals surface area (Å²) in [5.41, 5.74) is 0. The highest BCUT2D eigenvalue weighted by molar-refractivity contribution is 7.47. The van der Waals surface area contributed by atoms with Gasteiger partial charge in [-0.15, -0.1) is 0 Å². The molecule has 0 spiro atoms. The van der Waals surface area contributed by atoms with E-state index in [0.29, 0.717) is 19.3 Å². The summed E-state index contributed by atoms with van der Waals surface area (Å²) >= 11 is 0. The van der Waals surface area contributed by atoms with Crippen LogP contribution in [-0.4, -0.2) is 66.5 Å². The SMILES string of the molecule is CC/C=C\C/C=C\C/C=C\CCCCCCCC(=O)OC(COC(=O)CCCCCCC/C=C\CCCC)COP(=O)(O)OCC(CO)OC(=O)CCCCCCC/C=C\CCCCCCCC. The molecule has 11 nitrogen and oxygen atoms in total. The molecule has 0 bridgehead atoms. The van der Waals surface area contributed by atoms with Crippen molar-refractivity contribution in [1.29, 1.82) is 0 Å². The van der Waals surface area contributed by atoms with Crippen LogP contribution in [0.2, 0.25) is 0 Å². The number of aliphatic hydroxyl groups is 1. The van der Waals surface area contributed by atoms with E-state index >= 15 is 0 Å². The van der Waals surface area contributed by atoms with Crippen LogP contribution in [0.5, 0.6) is 0 Å². The molecule has 3 atom stereocenters. The first-order chi connectivity index (χ1) is 33.2. The van der Waals surface area contributed by atoms with Gasteiger partial charge in [-0.1, -0.05) is 184 Å². The molecule has 0 saturated heterocycles. The highest BCUT2D eigenvalue weighted by atomic mass is 31.2. The molecule has 68 heavy (non-hydrogen) atoms. The number of phosphoric acid groups is 1. The van der Waals surface area contributed by atoms with Gasteiger partial charge in [-0.3, -0.25) is 23.4 Å². The first-order valence-corrected chi connectivity index (χ1v) is 28.7. The maximum absolute atomic E-state index is 12.9. The van der Waals surface area contributed by atoms with E-state index in [2.05, 4.69) is 81.5 Å². The fourth-order valence-corrected chi connectivity index (χ4v) is 8.01. The van der Waals surface area contributed by atoms with Gasteiger partial charge in [0.05, 0.1) is 19.8 Å². The Morgan fingerprint density at radius 3 is 1.24 bits per heavy atom. The fraction of sp³-hybridized carbons (Fsp3) is 0.768. The molecule has 0 aromatic carbocycles. The smallest absolute Gasteiger partial charge is 0.462 e. The molecule has 0 fully saturated rings. The van der Waals surface area contributed by atoms with Gasteiger partial charge < -0.3 is 24.2 Å². The molecule has 12 heteroatoms. The predicted molar refractivity (Wildman–Crippen MR) is 279 cm³/mol. The van der Waals surface area contributed by atoms with Crippen molar-refractivity contribution < 1.29 is 52.2 Å². The minimum absolute atomic E-state index is 0.145. The van der Waals surface area contributed by atoms with Gasteiger partial charge >= 0.3 is 25.7 Å². The van der Waals surface area contributed by atoms with Crippen molar-refractivity contribution in [2.45, 2.75) is 251 Å². The van der Waals surface area contributed by atoms with Crippen molar-refractivity contribution in [2.75, 3.05) is 26.4 Å². The third kappa shape index (κ3) is 48.2. The maximum Gasteiger partial charge on any atom is 0.472 e. The second-order valence-electron chi connectivity index (χ2n) is 18.0. The lowest BCUT2D eigenvalue weighted by Gasteiger charge is -2.21. The third-order valence-electron chi connectivity index (χ3n) is 11.4. The van der Waals surface area contributed by atoms with Gasteiger partial charge in [0.15, 0.2) is 6.10 Å². The molecule has 0 aliphatic rings. The number of hydrogen-bond donors (Lipinski definition) is 2. The van der Waals surface area contributed by atoms with Crippen LogP contribution >= 0.6 is 7.82 Å². The second kappa shape index (κ2) is 50.6. The van der Waals surface area contributed by atoms with E-state index in [4.69, 9.17) is 23.3 Å². The van der Waals surface area contributed by atoms with Crippen LogP contribution in [0, 0.1) is 0 Å². The average Bonchev–Trinajstić information content (AvgIpc) is 3.32. The first-order valence-electron chi connectivity index (χ1n) is 27.2. The zero-order valence-electron chi connectivity index (χ0n) is 43.3. The number of rotatable bonds is 50. The van der Waals surface area contributed by atoms with Crippen LogP contribution in [0.4, 0.5) is 0 Å².